The Morgan fingerprint density at radius 3 is 2.55 bits per heavy atom. The molecule has 1 fully saturated rings. The zero-order chi connectivity index (χ0) is 15.4. The van der Waals surface area contributed by atoms with E-state index in [9.17, 15) is 4.79 Å². The summed E-state index contributed by atoms with van der Waals surface area (Å²) < 4.78 is 6.91. The van der Waals surface area contributed by atoms with Crippen LogP contribution in [0, 0.1) is 0 Å². The van der Waals surface area contributed by atoms with Gasteiger partial charge in [-0.25, -0.2) is 0 Å². The van der Waals surface area contributed by atoms with Crippen molar-refractivity contribution < 1.29 is 9.53 Å². The van der Waals surface area contributed by atoms with E-state index in [4.69, 9.17) is 4.74 Å². The number of carbonyl (C=O) groups is 1. The lowest BCUT2D eigenvalue weighted by molar-refractivity contribution is 0.000899. The van der Waals surface area contributed by atoms with E-state index in [2.05, 4.69) is 33.4 Å². The topological polar surface area (TPSA) is 38.3 Å². The largest absolute Gasteiger partial charge is 0.373 e. The van der Waals surface area contributed by atoms with E-state index in [-0.39, 0.29) is 18.1 Å². The maximum absolute atomic E-state index is 12.2. The fourth-order valence-electron chi connectivity index (χ4n) is 2.70. The van der Waals surface area contributed by atoms with Gasteiger partial charge >= 0.3 is 0 Å². The lowest BCUT2D eigenvalue weighted by Gasteiger charge is -2.30. The van der Waals surface area contributed by atoms with Crippen LogP contribution in [0.3, 0.4) is 0 Å². The molecule has 1 amide bonds. The smallest absolute Gasteiger partial charge is 0.251 e. The Labute approximate surface area is 138 Å². The van der Waals surface area contributed by atoms with Crippen molar-refractivity contribution in [2.45, 2.75) is 25.0 Å². The van der Waals surface area contributed by atoms with Crippen LogP contribution in [0.5, 0.6) is 0 Å². The van der Waals surface area contributed by atoms with Crippen molar-refractivity contribution in [1.82, 2.24) is 5.32 Å². The molecule has 2 aromatic carbocycles. The van der Waals surface area contributed by atoms with Crippen LogP contribution >= 0.6 is 15.9 Å². The number of halogens is 1. The normalized spacial score (nSPS) is 21.3. The molecule has 1 N–H and O–H groups in total. The molecule has 0 spiro atoms. The van der Waals surface area contributed by atoms with Gasteiger partial charge in [-0.1, -0.05) is 46.3 Å². The molecule has 0 bridgehead atoms. The van der Waals surface area contributed by atoms with E-state index in [0.717, 1.165) is 22.9 Å². The lowest BCUT2D eigenvalue weighted by atomic mass is 9.97. The molecule has 0 saturated carbocycles. The summed E-state index contributed by atoms with van der Waals surface area (Å²) in [5.41, 5.74) is 1.86. The Morgan fingerprint density at radius 2 is 1.82 bits per heavy atom. The molecule has 22 heavy (non-hydrogen) atoms. The summed E-state index contributed by atoms with van der Waals surface area (Å²) >= 11 is 3.44. The van der Waals surface area contributed by atoms with Crippen LogP contribution in [-0.4, -0.2) is 18.6 Å². The maximum atomic E-state index is 12.2. The molecule has 2 atom stereocenters. The minimum atomic E-state index is -0.0120. The number of hydrogen-bond acceptors (Lipinski definition) is 2. The first-order valence-corrected chi connectivity index (χ1v) is 8.24. The molecular formula is C18H18BrNO2. The lowest BCUT2D eigenvalue weighted by Crippen LogP contribution is -2.39. The first-order chi connectivity index (χ1) is 10.7. The van der Waals surface area contributed by atoms with E-state index in [0.29, 0.717) is 12.2 Å². The molecule has 1 saturated heterocycles. The zero-order valence-electron chi connectivity index (χ0n) is 12.2. The number of nitrogens with one attached hydrogen (secondary N) is 1. The van der Waals surface area contributed by atoms with Gasteiger partial charge in [0.25, 0.3) is 5.91 Å². The fourth-order valence-corrected chi connectivity index (χ4v) is 2.96. The van der Waals surface area contributed by atoms with Crippen LogP contribution in [0.2, 0.25) is 0 Å². The highest BCUT2D eigenvalue weighted by molar-refractivity contribution is 9.10. The molecule has 1 aliphatic heterocycles. The van der Waals surface area contributed by atoms with Gasteiger partial charge in [0.15, 0.2) is 0 Å². The van der Waals surface area contributed by atoms with E-state index >= 15 is 0 Å². The van der Waals surface area contributed by atoms with Gasteiger partial charge in [-0.3, -0.25) is 4.79 Å². The molecule has 2 unspecified atom stereocenters. The van der Waals surface area contributed by atoms with Crippen molar-refractivity contribution in [3.63, 3.8) is 0 Å². The van der Waals surface area contributed by atoms with E-state index in [1.165, 1.54) is 0 Å². The predicted octanol–water partition coefficient (Wildman–Crippen LogP) is 4.10. The Balaban J connectivity index is 1.63. The maximum Gasteiger partial charge on any atom is 0.251 e. The summed E-state index contributed by atoms with van der Waals surface area (Å²) in [6.45, 7) is 0.667. The first kappa shape index (κ1) is 15.3. The minimum absolute atomic E-state index is 0.0120. The van der Waals surface area contributed by atoms with Crippen LogP contribution in [0.15, 0.2) is 59.1 Å². The van der Waals surface area contributed by atoms with Gasteiger partial charge in [0.2, 0.25) is 0 Å². The summed E-state index contributed by atoms with van der Waals surface area (Å²) in [6, 6.07) is 17.7. The zero-order valence-corrected chi connectivity index (χ0v) is 13.8. The van der Waals surface area contributed by atoms with Gasteiger partial charge in [-0.05, 0) is 42.7 Å². The first-order valence-electron chi connectivity index (χ1n) is 7.45. The second kappa shape index (κ2) is 7.07. The van der Waals surface area contributed by atoms with Crippen molar-refractivity contribution in [3.8, 4) is 0 Å². The van der Waals surface area contributed by atoms with Crippen LogP contribution < -0.4 is 5.32 Å². The quantitative estimate of drug-likeness (QED) is 0.895. The molecule has 114 valence electrons. The van der Waals surface area contributed by atoms with E-state index in [1.54, 1.807) is 0 Å². The van der Waals surface area contributed by atoms with Crippen LogP contribution in [0.25, 0.3) is 0 Å². The Kier molecular flexibility index (Phi) is 4.90. The van der Waals surface area contributed by atoms with Crippen molar-refractivity contribution >= 4 is 21.8 Å². The van der Waals surface area contributed by atoms with Gasteiger partial charge in [0, 0.05) is 22.7 Å². The highest BCUT2D eigenvalue weighted by atomic mass is 79.9. The van der Waals surface area contributed by atoms with Crippen LogP contribution in [0.1, 0.15) is 34.9 Å². The summed E-state index contributed by atoms with van der Waals surface area (Å²) in [7, 11) is 0. The average molecular weight is 360 g/mol. The molecule has 2 aromatic rings. The van der Waals surface area contributed by atoms with Gasteiger partial charge in [0.05, 0.1) is 6.10 Å². The second-order valence-electron chi connectivity index (χ2n) is 5.47. The summed E-state index contributed by atoms with van der Waals surface area (Å²) in [6.07, 6.45) is 1.70. The number of benzene rings is 2. The molecule has 4 heteroatoms. The summed E-state index contributed by atoms with van der Waals surface area (Å²) in [5.74, 6) is -0.0120. The highest BCUT2D eigenvalue weighted by Gasteiger charge is 2.25. The van der Waals surface area contributed by atoms with Gasteiger partial charge in [-0.2, -0.15) is 0 Å². The standard InChI is InChI=1S/C18H18BrNO2/c19-15-8-6-13(7-9-15)17-12-16(10-11-22-17)20-18(21)14-4-2-1-3-5-14/h1-9,16-17H,10-12H2,(H,20,21). The monoisotopic (exact) mass is 359 g/mol. The van der Waals surface area contributed by atoms with Gasteiger partial charge in [-0.15, -0.1) is 0 Å². The number of rotatable bonds is 3. The van der Waals surface area contributed by atoms with E-state index in [1.807, 2.05) is 42.5 Å². The van der Waals surface area contributed by atoms with Crippen LogP contribution in [0.4, 0.5) is 0 Å². The van der Waals surface area contributed by atoms with Gasteiger partial charge < -0.3 is 10.1 Å². The number of carbonyl (C=O) groups excluding carboxylic acids is 1. The molecule has 1 heterocycles. The molecule has 3 rings (SSSR count). The summed E-state index contributed by atoms with van der Waals surface area (Å²) in [5, 5.41) is 3.12. The third-order valence-electron chi connectivity index (χ3n) is 3.90. The summed E-state index contributed by atoms with van der Waals surface area (Å²) in [4.78, 5) is 12.2. The Bertz CT molecular complexity index is 627. The molecular weight excluding hydrogens is 342 g/mol. The fraction of sp³-hybridized carbons (Fsp3) is 0.278. The SMILES string of the molecule is O=C(NC1CCOC(c2ccc(Br)cc2)C1)c1ccccc1. The third kappa shape index (κ3) is 3.76. The number of hydrogen-bond donors (Lipinski definition) is 1. The number of amides is 1. The van der Waals surface area contributed by atoms with E-state index < -0.39 is 0 Å². The molecule has 0 aromatic heterocycles. The van der Waals surface area contributed by atoms with Crippen LogP contribution in [-0.2, 0) is 4.74 Å². The molecule has 3 nitrogen and oxygen atoms in total. The predicted molar refractivity (Wildman–Crippen MR) is 89.8 cm³/mol. The van der Waals surface area contributed by atoms with Crippen molar-refractivity contribution in [1.29, 1.82) is 0 Å². The van der Waals surface area contributed by atoms with Crippen molar-refractivity contribution in [3.05, 3.63) is 70.2 Å². The Morgan fingerprint density at radius 1 is 1.09 bits per heavy atom. The van der Waals surface area contributed by atoms with Gasteiger partial charge in [0.1, 0.15) is 0 Å². The third-order valence-corrected chi connectivity index (χ3v) is 4.43. The molecule has 0 radical (unpaired) electrons. The van der Waals surface area contributed by atoms with Crippen molar-refractivity contribution in [2.24, 2.45) is 0 Å². The second-order valence-corrected chi connectivity index (χ2v) is 6.39. The highest BCUT2D eigenvalue weighted by Crippen LogP contribution is 2.29. The average Bonchev–Trinajstić information content (AvgIpc) is 2.56. The molecule has 1 aliphatic rings. The number of ether oxygens (including phenoxy) is 1. The Hall–Kier alpha value is -1.65. The molecule has 0 aliphatic carbocycles. The van der Waals surface area contributed by atoms with Crippen molar-refractivity contribution in [2.75, 3.05) is 6.61 Å². The minimum Gasteiger partial charge on any atom is -0.373 e.